The molecule has 0 unspecified atom stereocenters. The van der Waals surface area contributed by atoms with E-state index in [1.807, 2.05) is 36.4 Å². The highest BCUT2D eigenvalue weighted by atomic mass is 16.6. The molecule has 7 aromatic carbocycles. The van der Waals surface area contributed by atoms with Gasteiger partial charge in [-0.1, -0.05) is 114 Å². The predicted molar refractivity (Wildman–Crippen MR) is 234 cm³/mol. The molecule has 8 nitrogen and oxygen atoms in total. The second-order valence-electron chi connectivity index (χ2n) is 16.3. The molecule has 0 aliphatic carbocycles. The number of fused-ring (bicyclic) bond motifs is 2. The summed E-state index contributed by atoms with van der Waals surface area (Å²) in [6.45, 7) is 4.45. The summed E-state index contributed by atoms with van der Waals surface area (Å²) in [6, 6.07) is 26.2. The molecule has 60 heavy (non-hydrogen) atoms. The van der Waals surface area contributed by atoms with Gasteiger partial charge in [0.25, 0.3) is 0 Å². The molecule has 0 atom stereocenters. The van der Waals surface area contributed by atoms with Gasteiger partial charge in [-0.2, -0.15) is 0 Å². The van der Waals surface area contributed by atoms with Gasteiger partial charge in [-0.3, -0.25) is 0 Å². The number of hydrogen-bond acceptors (Lipinski definition) is 8. The topological polar surface area (TPSA) is 105 Å². The molecule has 0 fully saturated rings. The summed E-state index contributed by atoms with van der Waals surface area (Å²) in [7, 11) is 0. The van der Waals surface area contributed by atoms with Crippen molar-refractivity contribution in [3.8, 4) is 23.0 Å². The normalized spacial score (nSPS) is 13.5. The van der Waals surface area contributed by atoms with Crippen LogP contribution in [0.4, 0.5) is 0 Å². The van der Waals surface area contributed by atoms with E-state index in [1.54, 1.807) is 24.3 Å². The average molecular weight is 801 g/mol. The second-order valence-corrected chi connectivity index (χ2v) is 16.3. The monoisotopic (exact) mass is 800 g/mol. The summed E-state index contributed by atoms with van der Waals surface area (Å²) in [4.78, 5) is 53.6. The molecule has 7 aromatic rings. The van der Waals surface area contributed by atoms with Crippen LogP contribution in [0.2, 0.25) is 0 Å². The van der Waals surface area contributed by atoms with Crippen LogP contribution in [0.1, 0.15) is 143 Å². The van der Waals surface area contributed by atoms with Crippen LogP contribution < -0.4 is 9.47 Å². The molecule has 0 amide bonds. The zero-order valence-electron chi connectivity index (χ0n) is 34.2. The highest BCUT2D eigenvalue weighted by Crippen LogP contribution is 2.52. The van der Waals surface area contributed by atoms with Gasteiger partial charge in [0.15, 0.2) is 0 Å². The third-order valence-corrected chi connectivity index (χ3v) is 12.2. The van der Waals surface area contributed by atoms with Crippen molar-refractivity contribution in [1.29, 1.82) is 0 Å². The summed E-state index contributed by atoms with van der Waals surface area (Å²) in [5.41, 5.74) is 3.35. The third-order valence-electron chi connectivity index (χ3n) is 12.2. The number of rotatable bonds is 18. The van der Waals surface area contributed by atoms with Gasteiger partial charge in [-0.25, -0.2) is 19.2 Å². The maximum Gasteiger partial charge on any atom is 0.346 e. The fourth-order valence-corrected chi connectivity index (χ4v) is 9.17. The van der Waals surface area contributed by atoms with Crippen LogP contribution in [0.15, 0.2) is 84.9 Å². The Morgan fingerprint density at radius 1 is 0.383 bits per heavy atom. The lowest BCUT2D eigenvalue weighted by atomic mass is 9.82. The third kappa shape index (κ3) is 7.22. The number of ether oxygens (including phenoxy) is 4. The highest BCUT2D eigenvalue weighted by Gasteiger charge is 2.35. The summed E-state index contributed by atoms with van der Waals surface area (Å²) < 4.78 is 23.9. The first kappa shape index (κ1) is 39.2. The van der Waals surface area contributed by atoms with Crippen LogP contribution in [0.5, 0.6) is 23.0 Å². The fraction of sp³-hybridized carbons (Fsp3) is 0.308. The Bertz CT molecular complexity index is 2600. The molecule has 0 radical (unpaired) electrons. The Kier molecular flexibility index (Phi) is 11.0. The Balaban J connectivity index is 1.18. The molecule has 2 aliphatic rings. The Morgan fingerprint density at radius 2 is 0.750 bits per heavy atom. The number of carbonyl (C=O) groups excluding carboxylic acids is 4. The number of aryl methyl sites for hydroxylation is 2. The van der Waals surface area contributed by atoms with Gasteiger partial charge in [-0.05, 0) is 96.1 Å². The standard InChI is InChI=1S/C52H48O8/c1-3-5-7-9-11-13-15-31-17-21-33(22-18-31)57-41-29-39-43-37(49(53)59-51(39)55)28-26-36-46-42(58-34-23-19-32(20-24-34)16-14-12-10-8-6-4-2)30-40-44-38(50(54)60-52(40)56)27-25-35(48(44)46)45(41)47(36)43/h17-30H,3-16H2,1-2H3. The first-order chi connectivity index (χ1) is 29.3. The SMILES string of the molecule is CCCCCCCCc1ccc(Oc2cc3c4c(ccc5c6c(Oc7ccc(CCCCCCCC)cc7)cc7c8c(ccc(c2c45)c86)C(=O)OC7=O)C(=O)OC3=O)cc1. The first-order valence-electron chi connectivity index (χ1n) is 21.7. The van der Waals surface area contributed by atoms with E-state index in [0.29, 0.717) is 66.1 Å². The van der Waals surface area contributed by atoms with Crippen LogP contribution in [0, 0.1) is 0 Å². The van der Waals surface area contributed by atoms with Gasteiger partial charge >= 0.3 is 23.9 Å². The number of cyclic esters (lactones) is 4. The van der Waals surface area contributed by atoms with Gasteiger partial charge in [0.05, 0.1) is 22.3 Å². The molecule has 2 heterocycles. The molecular formula is C52H48O8. The van der Waals surface area contributed by atoms with Gasteiger partial charge in [-0.15, -0.1) is 0 Å². The summed E-state index contributed by atoms with van der Waals surface area (Å²) in [6.07, 6.45) is 16.6. The quantitative estimate of drug-likeness (QED) is 0.0278. The number of unbranched alkanes of at least 4 members (excludes halogenated alkanes) is 10. The first-order valence-corrected chi connectivity index (χ1v) is 21.7. The Labute approximate surface area is 349 Å². The number of benzene rings is 7. The summed E-state index contributed by atoms with van der Waals surface area (Å²) >= 11 is 0. The van der Waals surface area contributed by atoms with Crippen molar-refractivity contribution in [2.24, 2.45) is 0 Å². The summed E-state index contributed by atoms with van der Waals surface area (Å²) in [5, 5.41) is 4.69. The largest absolute Gasteiger partial charge is 0.457 e. The minimum Gasteiger partial charge on any atom is -0.457 e. The molecule has 0 saturated carbocycles. The molecule has 0 aromatic heterocycles. The lowest BCUT2D eigenvalue weighted by Crippen LogP contribution is -2.21. The maximum atomic E-state index is 13.5. The minimum absolute atomic E-state index is 0.205. The predicted octanol–water partition coefficient (Wildman–Crippen LogP) is 13.7. The van der Waals surface area contributed by atoms with Crippen molar-refractivity contribution < 1.29 is 38.1 Å². The van der Waals surface area contributed by atoms with Crippen LogP contribution >= 0.6 is 0 Å². The van der Waals surface area contributed by atoms with E-state index in [0.717, 1.165) is 25.7 Å². The van der Waals surface area contributed by atoms with Crippen LogP contribution in [0.3, 0.4) is 0 Å². The van der Waals surface area contributed by atoms with E-state index < -0.39 is 23.9 Å². The fourth-order valence-electron chi connectivity index (χ4n) is 9.17. The van der Waals surface area contributed by atoms with E-state index in [1.165, 1.54) is 75.3 Å². The zero-order valence-corrected chi connectivity index (χ0v) is 34.2. The Hall–Kier alpha value is -6.28. The molecule has 0 N–H and O–H groups in total. The smallest absolute Gasteiger partial charge is 0.346 e. The van der Waals surface area contributed by atoms with Crippen LogP contribution in [-0.2, 0) is 22.3 Å². The van der Waals surface area contributed by atoms with Gasteiger partial charge < -0.3 is 18.9 Å². The van der Waals surface area contributed by atoms with Gasteiger partial charge in [0.1, 0.15) is 23.0 Å². The second kappa shape index (κ2) is 16.8. The van der Waals surface area contributed by atoms with E-state index in [-0.39, 0.29) is 22.3 Å². The Morgan fingerprint density at radius 3 is 1.15 bits per heavy atom. The molecule has 0 spiro atoms. The lowest BCUT2D eigenvalue weighted by Gasteiger charge is -2.25. The van der Waals surface area contributed by atoms with Crippen molar-refractivity contribution in [3.05, 3.63) is 118 Å². The van der Waals surface area contributed by atoms with Gasteiger partial charge in [0, 0.05) is 32.3 Å². The van der Waals surface area contributed by atoms with Gasteiger partial charge in [0.2, 0.25) is 0 Å². The molecule has 0 saturated heterocycles. The zero-order chi connectivity index (χ0) is 41.3. The molecular weight excluding hydrogens is 753 g/mol. The van der Waals surface area contributed by atoms with Crippen molar-refractivity contribution in [1.82, 2.24) is 0 Å². The van der Waals surface area contributed by atoms with Crippen LogP contribution in [-0.4, -0.2) is 23.9 Å². The van der Waals surface area contributed by atoms with Crippen molar-refractivity contribution in [3.63, 3.8) is 0 Å². The van der Waals surface area contributed by atoms with Crippen molar-refractivity contribution >= 4 is 67.0 Å². The number of esters is 4. The summed E-state index contributed by atoms with van der Waals surface area (Å²) in [5.74, 6) is -1.13. The van der Waals surface area contributed by atoms with E-state index >= 15 is 0 Å². The van der Waals surface area contributed by atoms with E-state index in [2.05, 4.69) is 38.1 Å². The highest BCUT2D eigenvalue weighted by molar-refractivity contribution is 6.41. The molecule has 2 aliphatic heterocycles. The lowest BCUT2D eigenvalue weighted by molar-refractivity contribution is 0.0373. The molecule has 9 rings (SSSR count). The van der Waals surface area contributed by atoms with Crippen molar-refractivity contribution in [2.75, 3.05) is 0 Å². The van der Waals surface area contributed by atoms with Crippen molar-refractivity contribution in [2.45, 2.75) is 104 Å². The van der Waals surface area contributed by atoms with Crippen LogP contribution in [0.25, 0.3) is 43.1 Å². The molecule has 0 bridgehead atoms. The minimum atomic E-state index is -0.766. The molecule has 8 heteroatoms. The maximum absolute atomic E-state index is 13.5. The molecule has 304 valence electrons. The van der Waals surface area contributed by atoms with E-state index in [9.17, 15) is 19.2 Å². The number of hydrogen-bond donors (Lipinski definition) is 0. The number of carbonyl (C=O) groups is 4. The average Bonchev–Trinajstić information content (AvgIpc) is 3.25. The van der Waals surface area contributed by atoms with E-state index in [4.69, 9.17) is 18.9 Å².